The number of halogens is 1. The Kier molecular flexibility index (Phi) is 7.18. The highest BCUT2D eigenvalue weighted by atomic mass is 35.5. The Hall–Kier alpha value is -1.36. The van der Waals surface area contributed by atoms with Crippen LogP contribution in [0.4, 0.5) is 0 Å². The smallest absolute Gasteiger partial charge is 0.244 e. The number of nitrogens with one attached hydrogen (secondary N) is 1. The molecule has 1 amide bonds. The van der Waals surface area contributed by atoms with Crippen molar-refractivity contribution in [1.82, 2.24) is 5.32 Å². The zero-order valence-corrected chi connectivity index (χ0v) is 11.6. The van der Waals surface area contributed by atoms with Crippen molar-refractivity contribution in [2.45, 2.75) is 12.5 Å². The first kappa shape index (κ1) is 15.7. The molecule has 0 saturated heterocycles. The van der Waals surface area contributed by atoms with Gasteiger partial charge in [-0.1, -0.05) is 29.8 Å². The van der Waals surface area contributed by atoms with Crippen molar-refractivity contribution in [2.24, 2.45) is 0 Å². The Balaban J connectivity index is 2.56. The third-order valence-electron chi connectivity index (χ3n) is 2.51. The first-order valence-corrected chi connectivity index (χ1v) is 6.38. The number of benzene rings is 1. The van der Waals surface area contributed by atoms with E-state index in [0.29, 0.717) is 18.1 Å². The first-order chi connectivity index (χ1) is 9.17. The van der Waals surface area contributed by atoms with Crippen molar-refractivity contribution in [3.8, 4) is 0 Å². The number of carbonyl (C=O) groups is 1. The largest absolute Gasteiger partial charge is 0.396 e. The number of aliphatic hydroxyl groups is 1. The molecule has 0 aliphatic carbocycles. The molecule has 0 aliphatic heterocycles. The molecule has 1 aromatic rings. The predicted octanol–water partition coefficient (Wildman–Crippen LogP) is 1.87. The lowest BCUT2D eigenvalue weighted by Crippen LogP contribution is -2.37. The van der Waals surface area contributed by atoms with Gasteiger partial charge >= 0.3 is 0 Å². The summed E-state index contributed by atoms with van der Waals surface area (Å²) < 4.78 is 4.97. The molecule has 0 spiro atoms. The normalized spacial score (nSPS) is 12.6. The van der Waals surface area contributed by atoms with Gasteiger partial charge in [0.05, 0.1) is 12.6 Å². The van der Waals surface area contributed by atoms with Crippen LogP contribution in [-0.4, -0.2) is 37.4 Å². The highest BCUT2D eigenvalue weighted by Crippen LogP contribution is 2.15. The van der Waals surface area contributed by atoms with Crippen LogP contribution in [0.2, 0.25) is 5.02 Å². The second-order valence-electron chi connectivity index (χ2n) is 4.03. The third-order valence-corrected chi connectivity index (χ3v) is 2.86. The molecule has 1 unspecified atom stereocenters. The van der Waals surface area contributed by atoms with E-state index in [9.17, 15) is 4.79 Å². The molecule has 0 radical (unpaired) electrons. The molecule has 104 valence electrons. The van der Waals surface area contributed by atoms with Crippen molar-refractivity contribution in [3.05, 3.63) is 40.9 Å². The lowest BCUT2D eigenvalue weighted by Gasteiger charge is -2.15. The fraction of sp³-hybridized carbons (Fsp3) is 0.357. The second kappa shape index (κ2) is 8.69. The number of hydrogen-bond donors (Lipinski definition) is 2. The number of methoxy groups -OCH3 is 1. The fourth-order valence-electron chi connectivity index (χ4n) is 1.58. The first-order valence-electron chi connectivity index (χ1n) is 6.00. The van der Waals surface area contributed by atoms with Crippen molar-refractivity contribution in [2.75, 3.05) is 20.3 Å². The number of aliphatic hydroxyl groups excluding tert-OH is 1. The summed E-state index contributed by atoms with van der Waals surface area (Å²) in [5, 5.41) is 12.2. The third kappa shape index (κ3) is 5.87. The Bertz CT molecular complexity index is 428. The van der Waals surface area contributed by atoms with Gasteiger partial charge in [-0.15, -0.1) is 0 Å². The van der Waals surface area contributed by atoms with Crippen LogP contribution in [-0.2, 0) is 9.53 Å². The maximum Gasteiger partial charge on any atom is 0.244 e. The van der Waals surface area contributed by atoms with Gasteiger partial charge in [-0.05, 0) is 24.1 Å². The molecule has 1 rings (SSSR count). The lowest BCUT2D eigenvalue weighted by molar-refractivity contribution is -0.117. The van der Waals surface area contributed by atoms with E-state index in [-0.39, 0.29) is 18.6 Å². The molecular weight excluding hydrogens is 266 g/mol. The Labute approximate surface area is 118 Å². The van der Waals surface area contributed by atoms with E-state index in [4.69, 9.17) is 21.4 Å². The predicted molar refractivity (Wildman–Crippen MR) is 76.0 cm³/mol. The van der Waals surface area contributed by atoms with Crippen LogP contribution >= 0.6 is 11.6 Å². The van der Waals surface area contributed by atoms with Gasteiger partial charge in [0, 0.05) is 24.8 Å². The molecule has 4 nitrogen and oxygen atoms in total. The highest BCUT2D eigenvalue weighted by molar-refractivity contribution is 6.32. The molecule has 0 heterocycles. The van der Waals surface area contributed by atoms with Gasteiger partial charge in [0.2, 0.25) is 5.91 Å². The Morgan fingerprint density at radius 3 is 2.89 bits per heavy atom. The molecule has 1 atom stereocenters. The molecule has 1 aromatic carbocycles. The molecule has 0 saturated carbocycles. The SMILES string of the molecule is COCC(CCO)NC(=O)/C=C/c1ccccc1Cl. The van der Waals surface area contributed by atoms with Gasteiger partial charge in [-0.2, -0.15) is 0 Å². The zero-order valence-electron chi connectivity index (χ0n) is 10.8. The van der Waals surface area contributed by atoms with Crippen LogP contribution < -0.4 is 5.32 Å². The molecule has 0 bridgehead atoms. The van der Waals surface area contributed by atoms with E-state index in [2.05, 4.69) is 5.32 Å². The minimum Gasteiger partial charge on any atom is -0.396 e. The van der Waals surface area contributed by atoms with Gasteiger partial charge in [-0.25, -0.2) is 0 Å². The molecule has 2 N–H and O–H groups in total. The van der Waals surface area contributed by atoms with Crippen LogP contribution in [0, 0.1) is 0 Å². The molecule has 5 heteroatoms. The number of ether oxygens (including phenoxy) is 1. The van der Waals surface area contributed by atoms with E-state index in [0.717, 1.165) is 5.56 Å². The second-order valence-corrected chi connectivity index (χ2v) is 4.44. The summed E-state index contributed by atoms with van der Waals surface area (Å²) in [6.45, 7) is 0.370. The Morgan fingerprint density at radius 1 is 1.53 bits per heavy atom. The monoisotopic (exact) mass is 283 g/mol. The summed E-state index contributed by atoms with van der Waals surface area (Å²) >= 11 is 5.98. The van der Waals surface area contributed by atoms with Crippen LogP contribution in [0.15, 0.2) is 30.3 Å². The standard InChI is InChI=1S/C14H18ClNO3/c1-19-10-12(8-9-17)16-14(18)7-6-11-4-2-3-5-13(11)15/h2-7,12,17H,8-10H2,1H3,(H,16,18)/b7-6+. The maximum atomic E-state index is 11.7. The van der Waals surface area contributed by atoms with Gasteiger partial charge in [0.25, 0.3) is 0 Å². The van der Waals surface area contributed by atoms with Gasteiger partial charge in [-0.3, -0.25) is 4.79 Å². The van der Waals surface area contributed by atoms with E-state index in [1.165, 1.54) is 6.08 Å². The fourth-order valence-corrected chi connectivity index (χ4v) is 1.78. The number of amides is 1. The Morgan fingerprint density at radius 2 is 2.26 bits per heavy atom. The van der Waals surface area contributed by atoms with Crippen molar-refractivity contribution in [3.63, 3.8) is 0 Å². The number of hydrogen-bond acceptors (Lipinski definition) is 3. The van der Waals surface area contributed by atoms with Crippen LogP contribution in [0.25, 0.3) is 6.08 Å². The zero-order chi connectivity index (χ0) is 14.1. The molecule has 0 aromatic heterocycles. The lowest BCUT2D eigenvalue weighted by atomic mass is 10.2. The van der Waals surface area contributed by atoms with E-state index < -0.39 is 0 Å². The summed E-state index contributed by atoms with van der Waals surface area (Å²) in [4.78, 5) is 11.7. The summed E-state index contributed by atoms with van der Waals surface area (Å²) in [5.74, 6) is -0.240. The summed E-state index contributed by atoms with van der Waals surface area (Å²) in [6, 6.07) is 7.07. The summed E-state index contributed by atoms with van der Waals surface area (Å²) in [5.41, 5.74) is 0.782. The number of rotatable bonds is 7. The van der Waals surface area contributed by atoms with E-state index >= 15 is 0 Å². The average molecular weight is 284 g/mol. The average Bonchev–Trinajstić information content (AvgIpc) is 2.38. The van der Waals surface area contributed by atoms with Crippen molar-refractivity contribution in [1.29, 1.82) is 0 Å². The van der Waals surface area contributed by atoms with Crippen molar-refractivity contribution >= 4 is 23.6 Å². The summed E-state index contributed by atoms with van der Waals surface area (Å²) in [6.07, 6.45) is 3.53. The molecule has 0 fully saturated rings. The molecule has 19 heavy (non-hydrogen) atoms. The van der Waals surface area contributed by atoms with Crippen LogP contribution in [0.5, 0.6) is 0 Å². The van der Waals surface area contributed by atoms with Crippen LogP contribution in [0.1, 0.15) is 12.0 Å². The molecular formula is C14H18ClNO3. The van der Waals surface area contributed by atoms with Crippen LogP contribution in [0.3, 0.4) is 0 Å². The van der Waals surface area contributed by atoms with Crippen molar-refractivity contribution < 1.29 is 14.6 Å². The van der Waals surface area contributed by atoms with Gasteiger partial charge in [0.15, 0.2) is 0 Å². The topological polar surface area (TPSA) is 58.6 Å². The van der Waals surface area contributed by atoms with Gasteiger partial charge in [0.1, 0.15) is 0 Å². The summed E-state index contributed by atoms with van der Waals surface area (Å²) in [7, 11) is 1.55. The minimum atomic E-state index is -0.240. The quantitative estimate of drug-likeness (QED) is 0.751. The highest BCUT2D eigenvalue weighted by Gasteiger charge is 2.09. The maximum absolute atomic E-state index is 11.7. The van der Waals surface area contributed by atoms with E-state index in [1.54, 1.807) is 19.3 Å². The van der Waals surface area contributed by atoms with E-state index in [1.807, 2.05) is 18.2 Å². The van der Waals surface area contributed by atoms with Gasteiger partial charge < -0.3 is 15.2 Å². The number of carbonyl (C=O) groups excluding carboxylic acids is 1. The molecule has 0 aliphatic rings. The minimum absolute atomic E-state index is 0.00251.